The van der Waals surface area contributed by atoms with Crippen LogP contribution in [0.5, 0.6) is 0 Å². The summed E-state index contributed by atoms with van der Waals surface area (Å²) in [6.07, 6.45) is 0. The van der Waals surface area contributed by atoms with Crippen LogP contribution in [0.3, 0.4) is 0 Å². The lowest BCUT2D eigenvalue weighted by Crippen LogP contribution is -2.01. The number of hydrogen-bond acceptors (Lipinski definition) is 2. The van der Waals surface area contributed by atoms with E-state index in [0.717, 1.165) is 6.07 Å². The number of benzene rings is 2. The monoisotopic (exact) mass is 364 g/mol. The van der Waals surface area contributed by atoms with Gasteiger partial charge in [0.2, 0.25) is 0 Å². The van der Waals surface area contributed by atoms with Gasteiger partial charge in [-0.2, -0.15) is 0 Å². The van der Waals surface area contributed by atoms with Gasteiger partial charge in [-0.25, -0.2) is 13.2 Å². The van der Waals surface area contributed by atoms with Crippen LogP contribution in [0.15, 0.2) is 30.3 Å². The van der Waals surface area contributed by atoms with Crippen molar-refractivity contribution < 1.29 is 13.2 Å². The molecule has 0 aliphatic rings. The largest absolute Gasteiger partial charge is 0.395 e. The number of halogens is 4. The molecule has 0 atom stereocenters. The first-order chi connectivity index (χ1) is 8.47. The molecule has 0 aliphatic heterocycles. The molecule has 0 saturated carbocycles. The lowest BCUT2D eigenvalue weighted by molar-refractivity contribution is 0.587. The molecule has 2 nitrogen and oxygen atoms in total. The van der Waals surface area contributed by atoms with E-state index < -0.39 is 11.6 Å². The highest BCUT2D eigenvalue weighted by atomic mass is 127. The average molecular weight is 364 g/mol. The van der Waals surface area contributed by atoms with Crippen LogP contribution < -0.4 is 11.1 Å². The van der Waals surface area contributed by atoms with Crippen molar-refractivity contribution in [2.45, 2.75) is 0 Å². The first-order valence-electron chi connectivity index (χ1n) is 4.94. The lowest BCUT2D eigenvalue weighted by Gasteiger charge is -2.11. The Bertz CT molecular complexity index is 602. The zero-order valence-corrected chi connectivity index (χ0v) is 11.1. The number of rotatable bonds is 2. The molecule has 0 bridgehead atoms. The molecular weight excluding hydrogens is 356 g/mol. The summed E-state index contributed by atoms with van der Waals surface area (Å²) in [4.78, 5) is 0. The minimum absolute atomic E-state index is 0.108. The first kappa shape index (κ1) is 13.0. The maximum atomic E-state index is 13.2. The van der Waals surface area contributed by atoms with Gasteiger partial charge in [0.15, 0.2) is 5.82 Å². The van der Waals surface area contributed by atoms with E-state index in [1.165, 1.54) is 18.2 Å². The fourth-order valence-electron chi connectivity index (χ4n) is 1.42. The summed E-state index contributed by atoms with van der Waals surface area (Å²) in [5.41, 5.74) is 5.95. The molecule has 18 heavy (non-hydrogen) atoms. The second kappa shape index (κ2) is 5.05. The molecular formula is C12H8F3IN2. The molecule has 6 heteroatoms. The van der Waals surface area contributed by atoms with E-state index in [0.29, 0.717) is 15.3 Å². The van der Waals surface area contributed by atoms with Gasteiger partial charge in [0.25, 0.3) is 0 Å². The summed E-state index contributed by atoms with van der Waals surface area (Å²) in [6, 6.07) is 5.80. The quantitative estimate of drug-likeness (QED) is 0.624. The molecule has 0 radical (unpaired) electrons. The molecule has 0 saturated heterocycles. The van der Waals surface area contributed by atoms with Crippen LogP contribution in [-0.4, -0.2) is 0 Å². The standard InChI is InChI=1S/C12H8F3IN2/c13-6-1-2-10(9(16)4-6)18-11-5-7(14)3-8(15)12(11)17/h1-5,18H,17H2. The Hall–Kier alpha value is -1.44. The maximum absolute atomic E-state index is 13.2. The van der Waals surface area contributed by atoms with Crippen molar-refractivity contribution in [3.8, 4) is 0 Å². The van der Waals surface area contributed by atoms with Crippen molar-refractivity contribution in [2.75, 3.05) is 11.1 Å². The Morgan fingerprint density at radius 3 is 2.33 bits per heavy atom. The van der Waals surface area contributed by atoms with E-state index in [4.69, 9.17) is 5.73 Å². The first-order valence-corrected chi connectivity index (χ1v) is 6.02. The van der Waals surface area contributed by atoms with Gasteiger partial charge in [0.05, 0.1) is 17.1 Å². The van der Waals surface area contributed by atoms with Crippen LogP contribution in [-0.2, 0) is 0 Å². The van der Waals surface area contributed by atoms with Crippen LogP contribution >= 0.6 is 22.6 Å². The van der Waals surface area contributed by atoms with Crippen molar-refractivity contribution in [3.63, 3.8) is 0 Å². The summed E-state index contributed by atoms with van der Waals surface area (Å²) in [5, 5.41) is 2.77. The van der Waals surface area contributed by atoms with E-state index in [2.05, 4.69) is 5.32 Å². The minimum Gasteiger partial charge on any atom is -0.395 e. The highest BCUT2D eigenvalue weighted by Gasteiger charge is 2.10. The Balaban J connectivity index is 2.40. The smallest absolute Gasteiger partial charge is 0.151 e. The molecule has 3 N–H and O–H groups in total. The van der Waals surface area contributed by atoms with Crippen LogP contribution in [0.1, 0.15) is 0 Å². The number of nitrogen functional groups attached to an aromatic ring is 1. The normalized spacial score (nSPS) is 10.4. The highest BCUT2D eigenvalue weighted by Crippen LogP contribution is 2.29. The molecule has 0 fully saturated rings. The second-order valence-corrected chi connectivity index (χ2v) is 4.76. The predicted molar refractivity (Wildman–Crippen MR) is 73.2 cm³/mol. The SMILES string of the molecule is Nc1c(F)cc(F)cc1Nc1ccc(F)cc1I. The molecule has 0 aromatic heterocycles. The van der Waals surface area contributed by atoms with Gasteiger partial charge in [-0.1, -0.05) is 0 Å². The van der Waals surface area contributed by atoms with Gasteiger partial charge in [0.1, 0.15) is 11.6 Å². The topological polar surface area (TPSA) is 38.0 Å². The Kier molecular flexibility index (Phi) is 3.65. The number of hydrogen-bond donors (Lipinski definition) is 2. The summed E-state index contributed by atoms with van der Waals surface area (Å²) >= 11 is 1.91. The van der Waals surface area contributed by atoms with Gasteiger partial charge in [-0.15, -0.1) is 0 Å². The molecule has 0 heterocycles. The zero-order valence-electron chi connectivity index (χ0n) is 8.98. The van der Waals surface area contributed by atoms with Crippen molar-refractivity contribution in [1.29, 1.82) is 0 Å². The van der Waals surface area contributed by atoms with E-state index in [-0.39, 0.29) is 17.2 Å². The second-order valence-electron chi connectivity index (χ2n) is 3.60. The van der Waals surface area contributed by atoms with Crippen LogP contribution in [0.4, 0.5) is 30.2 Å². The van der Waals surface area contributed by atoms with E-state index >= 15 is 0 Å². The van der Waals surface area contributed by atoms with Gasteiger partial charge < -0.3 is 11.1 Å². The molecule has 2 aromatic rings. The Morgan fingerprint density at radius 2 is 1.67 bits per heavy atom. The number of anilines is 3. The summed E-state index contributed by atoms with van der Waals surface area (Å²) in [7, 11) is 0. The third-order valence-corrected chi connectivity index (χ3v) is 3.19. The van der Waals surface area contributed by atoms with Crippen LogP contribution in [0.2, 0.25) is 0 Å². The lowest BCUT2D eigenvalue weighted by atomic mass is 10.2. The zero-order chi connectivity index (χ0) is 13.3. The van der Waals surface area contributed by atoms with Crippen molar-refractivity contribution in [2.24, 2.45) is 0 Å². The molecule has 94 valence electrons. The highest BCUT2D eigenvalue weighted by molar-refractivity contribution is 14.1. The van der Waals surface area contributed by atoms with E-state index in [1.807, 2.05) is 22.6 Å². The fraction of sp³-hybridized carbons (Fsp3) is 0. The summed E-state index contributed by atoms with van der Waals surface area (Å²) in [6.45, 7) is 0. The van der Waals surface area contributed by atoms with Gasteiger partial charge in [-0.3, -0.25) is 0 Å². The molecule has 2 aromatic carbocycles. The van der Waals surface area contributed by atoms with Gasteiger partial charge >= 0.3 is 0 Å². The fourth-order valence-corrected chi connectivity index (χ4v) is 2.04. The number of nitrogens with one attached hydrogen (secondary N) is 1. The molecule has 2 rings (SSSR count). The number of nitrogens with two attached hydrogens (primary N) is 1. The maximum Gasteiger partial charge on any atom is 0.151 e. The van der Waals surface area contributed by atoms with Gasteiger partial charge in [0, 0.05) is 9.64 Å². The molecule has 0 spiro atoms. The molecule has 0 aliphatic carbocycles. The van der Waals surface area contributed by atoms with Crippen molar-refractivity contribution in [1.82, 2.24) is 0 Å². The minimum atomic E-state index is -0.838. The average Bonchev–Trinajstić information content (AvgIpc) is 2.29. The predicted octanol–water partition coefficient (Wildman–Crippen LogP) is 4.03. The van der Waals surface area contributed by atoms with Gasteiger partial charge in [-0.05, 0) is 46.9 Å². The summed E-state index contributed by atoms with van der Waals surface area (Å²) in [5.74, 6) is -1.96. The van der Waals surface area contributed by atoms with Crippen LogP contribution in [0, 0.1) is 21.0 Å². The third-order valence-electron chi connectivity index (χ3n) is 2.29. The van der Waals surface area contributed by atoms with Crippen molar-refractivity contribution in [3.05, 3.63) is 51.4 Å². The Morgan fingerprint density at radius 1 is 0.944 bits per heavy atom. The van der Waals surface area contributed by atoms with E-state index in [9.17, 15) is 13.2 Å². The molecule has 0 amide bonds. The van der Waals surface area contributed by atoms with Crippen molar-refractivity contribution >= 4 is 39.7 Å². The van der Waals surface area contributed by atoms with Crippen LogP contribution in [0.25, 0.3) is 0 Å². The van der Waals surface area contributed by atoms with E-state index in [1.54, 1.807) is 0 Å². The Labute approximate surface area is 115 Å². The molecule has 0 unspecified atom stereocenters. The summed E-state index contributed by atoms with van der Waals surface area (Å²) < 4.78 is 39.8. The third kappa shape index (κ3) is 2.69.